The van der Waals surface area contributed by atoms with Crippen LogP contribution in [0, 0.1) is 0 Å². The summed E-state index contributed by atoms with van der Waals surface area (Å²) in [6, 6.07) is 10.7. The average Bonchev–Trinajstić information content (AvgIpc) is 3.06. The number of nitrogens with zero attached hydrogens (tertiary/aromatic N) is 4. The second-order valence-corrected chi connectivity index (χ2v) is 6.72. The minimum absolute atomic E-state index is 0.864. The summed E-state index contributed by atoms with van der Waals surface area (Å²) in [6.45, 7) is 4.42. The van der Waals surface area contributed by atoms with Crippen molar-refractivity contribution in [2.75, 3.05) is 43.4 Å². The molecular weight excluding hydrogens is 306 g/mol. The molecule has 0 atom stereocenters. The molecule has 0 aliphatic carbocycles. The zero-order valence-electron chi connectivity index (χ0n) is 13.1. The van der Waals surface area contributed by atoms with Gasteiger partial charge in [-0.3, -0.25) is 0 Å². The standard InChI is InChI=1S/C17H19N5S/c1-21-7-9-22(10-8-21)14-4-2-13(3-5-14)20-16-15-6-11-23-17(15)19-12-18-16/h2-6,11-12H,7-10H2,1H3,(H,18,19,20). The molecule has 0 unspecified atom stereocenters. The van der Waals surface area contributed by atoms with Crippen molar-refractivity contribution in [3.05, 3.63) is 42.0 Å². The highest BCUT2D eigenvalue weighted by Gasteiger charge is 2.14. The van der Waals surface area contributed by atoms with Crippen LogP contribution in [0.3, 0.4) is 0 Å². The normalized spacial score (nSPS) is 16.0. The number of nitrogens with one attached hydrogen (secondary N) is 1. The summed E-state index contributed by atoms with van der Waals surface area (Å²) >= 11 is 1.63. The number of fused-ring (bicyclic) bond motifs is 1. The lowest BCUT2D eigenvalue weighted by atomic mass is 10.2. The highest BCUT2D eigenvalue weighted by atomic mass is 32.1. The Hall–Kier alpha value is -2.18. The van der Waals surface area contributed by atoms with E-state index in [2.05, 4.69) is 62.5 Å². The van der Waals surface area contributed by atoms with E-state index < -0.39 is 0 Å². The van der Waals surface area contributed by atoms with Gasteiger partial charge in [0.2, 0.25) is 0 Å². The van der Waals surface area contributed by atoms with Gasteiger partial charge in [0.1, 0.15) is 17.0 Å². The average molecular weight is 325 g/mol. The van der Waals surface area contributed by atoms with E-state index in [-0.39, 0.29) is 0 Å². The topological polar surface area (TPSA) is 44.3 Å². The summed E-state index contributed by atoms with van der Waals surface area (Å²) in [5.74, 6) is 0.864. The van der Waals surface area contributed by atoms with Gasteiger partial charge in [-0.15, -0.1) is 11.3 Å². The molecule has 2 aromatic heterocycles. The summed E-state index contributed by atoms with van der Waals surface area (Å²) in [6.07, 6.45) is 1.61. The van der Waals surface area contributed by atoms with Crippen molar-refractivity contribution in [2.24, 2.45) is 0 Å². The first-order chi connectivity index (χ1) is 11.3. The molecule has 1 saturated heterocycles. The third-order valence-electron chi connectivity index (χ3n) is 4.26. The maximum atomic E-state index is 4.36. The van der Waals surface area contributed by atoms with E-state index in [4.69, 9.17) is 0 Å². The van der Waals surface area contributed by atoms with Crippen LogP contribution in [0.4, 0.5) is 17.2 Å². The Bertz CT molecular complexity index is 790. The van der Waals surface area contributed by atoms with Crippen molar-refractivity contribution >= 4 is 38.7 Å². The van der Waals surface area contributed by atoms with Crippen molar-refractivity contribution in [3.63, 3.8) is 0 Å². The van der Waals surface area contributed by atoms with Gasteiger partial charge in [-0.05, 0) is 42.8 Å². The number of benzene rings is 1. The summed E-state index contributed by atoms with van der Waals surface area (Å²) in [7, 11) is 2.18. The van der Waals surface area contributed by atoms with E-state index in [0.717, 1.165) is 47.9 Å². The van der Waals surface area contributed by atoms with Crippen molar-refractivity contribution in [1.29, 1.82) is 0 Å². The molecule has 1 aliphatic rings. The van der Waals surface area contributed by atoms with Crippen LogP contribution in [0.5, 0.6) is 0 Å². The van der Waals surface area contributed by atoms with E-state index in [1.54, 1.807) is 17.7 Å². The molecule has 0 amide bonds. The van der Waals surface area contributed by atoms with Crippen molar-refractivity contribution in [3.8, 4) is 0 Å². The van der Waals surface area contributed by atoms with Crippen LogP contribution in [0.2, 0.25) is 0 Å². The summed E-state index contributed by atoms with van der Waals surface area (Å²) in [4.78, 5) is 14.5. The van der Waals surface area contributed by atoms with Gasteiger partial charge in [0.15, 0.2) is 0 Å². The van der Waals surface area contributed by atoms with E-state index in [0.29, 0.717) is 0 Å². The van der Waals surface area contributed by atoms with Crippen molar-refractivity contribution in [1.82, 2.24) is 14.9 Å². The van der Waals surface area contributed by atoms with Crippen molar-refractivity contribution in [2.45, 2.75) is 0 Å². The number of piperazine rings is 1. The van der Waals surface area contributed by atoms with Gasteiger partial charge in [-0.2, -0.15) is 0 Å². The van der Waals surface area contributed by atoms with Gasteiger partial charge in [-0.1, -0.05) is 0 Å². The Kier molecular flexibility index (Phi) is 3.85. The van der Waals surface area contributed by atoms with Crippen LogP contribution in [0.1, 0.15) is 0 Å². The number of anilines is 3. The molecule has 5 nitrogen and oxygen atoms in total. The van der Waals surface area contributed by atoms with Crippen LogP contribution in [0.25, 0.3) is 10.2 Å². The predicted molar refractivity (Wildman–Crippen MR) is 96.8 cm³/mol. The second kappa shape index (κ2) is 6.14. The zero-order chi connectivity index (χ0) is 15.6. The lowest BCUT2D eigenvalue weighted by molar-refractivity contribution is 0.313. The molecule has 1 N–H and O–H groups in total. The van der Waals surface area contributed by atoms with Crippen LogP contribution in [0.15, 0.2) is 42.0 Å². The number of hydrogen-bond acceptors (Lipinski definition) is 6. The number of hydrogen-bond donors (Lipinski definition) is 1. The monoisotopic (exact) mass is 325 g/mol. The lowest BCUT2D eigenvalue weighted by Gasteiger charge is -2.34. The van der Waals surface area contributed by atoms with Gasteiger partial charge in [0, 0.05) is 37.6 Å². The summed E-state index contributed by atoms with van der Waals surface area (Å²) in [5.41, 5.74) is 2.33. The molecule has 23 heavy (non-hydrogen) atoms. The van der Waals surface area contributed by atoms with E-state index >= 15 is 0 Å². The minimum atomic E-state index is 0.864. The van der Waals surface area contributed by atoms with E-state index in [1.165, 1.54) is 5.69 Å². The molecule has 3 aromatic rings. The highest BCUT2D eigenvalue weighted by molar-refractivity contribution is 7.16. The van der Waals surface area contributed by atoms with Gasteiger partial charge < -0.3 is 15.1 Å². The highest BCUT2D eigenvalue weighted by Crippen LogP contribution is 2.27. The molecule has 1 aromatic carbocycles. The Morgan fingerprint density at radius 3 is 2.57 bits per heavy atom. The molecule has 4 rings (SSSR count). The minimum Gasteiger partial charge on any atom is -0.369 e. The first-order valence-corrected chi connectivity index (χ1v) is 8.66. The third kappa shape index (κ3) is 3.00. The second-order valence-electron chi connectivity index (χ2n) is 5.82. The molecule has 0 radical (unpaired) electrons. The molecule has 118 valence electrons. The maximum Gasteiger partial charge on any atom is 0.142 e. The molecule has 1 aliphatic heterocycles. The molecule has 3 heterocycles. The fourth-order valence-corrected chi connectivity index (χ4v) is 3.58. The molecule has 1 fully saturated rings. The smallest absolute Gasteiger partial charge is 0.142 e. The predicted octanol–water partition coefficient (Wildman–Crippen LogP) is 3.19. The Balaban J connectivity index is 1.51. The van der Waals surface area contributed by atoms with E-state index in [1.807, 2.05) is 5.38 Å². The largest absolute Gasteiger partial charge is 0.369 e. The molecular formula is C17H19N5S. The van der Waals surface area contributed by atoms with Crippen LogP contribution in [-0.2, 0) is 0 Å². The number of rotatable bonds is 3. The van der Waals surface area contributed by atoms with Gasteiger partial charge in [-0.25, -0.2) is 9.97 Å². The SMILES string of the molecule is CN1CCN(c2ccc(Nc3ncnc4sccc34)cc2)CC1. The molecule has 6 heteroatoms. The third-order valence-corrected chi connectivity index (χ3v) is 5.08. The quantitative estimate of drug-likeness (QED) is 0.801. The van der Waals surface area contributed by atoms with Gasteiger partial charge in [0.05, 0.1) is 5.39 Å². The van der Waals surface area contributed by atoms with Crippen LogP contribution < -0.4 is 10.2 Å². The zero-order valence-corrected chi connectivity index (χ0v) is 13.9. The number of aromatic nitrogens is 2. The Morgan fingerprint density at radius 2 is 1.78 bits per heavy atom. The Labute approximate surface area is 139 Å². The first-order valence-electron chi connectivity index (χ1n) is 7.78. The molecule has 0 saturated carbocycles. The lowest BCUT2D eigenvalue weighted by Crippen LogP contribution is -2.44. The fraction of sp³-hybridized carbons (Fsp3) is 0.294. The summed E-state index contributed by atoms with van der Waals surface area (Å²) < 4.78 is 0. The molecule has 0 bridgehead atoms. The summed E-state index contributed by atoms with van der Waals surface area (Å²) in [5, 5.41) is 6.51. The first kappa shape index (κ1) is 14.4. The van der Waals surface area contributed by atoms with Gasteiger partial charge >= 0.3 is 0 Å². The number of thiophene rings is 1. The van der Waals surface area contributed by atoms with Crippen LogP contribution in [-0.4, -0.2) is 48.1 Å². The van der Waals surface area contributed by atoms with Crippen LogP contribution >= 0.6 is 11.3 Å². The maximum absolute atomic E-state index is 4.36. The number of likely N-dealkylation sites (N-methyl/N-ethyl adjacent to an activating group) is 1. The van der Waals surface area contributed by atoms with Crippen molar-refractivity contribution < 1.29 is 0 Å². The Morgan fingerprint density at radius 1 is 1.00 bits per heavy atom. The van der Waals surface area contributed by atoms with E-state index in [9.17, 15) is 0 Å². The van der Waals surface area contributed by atoms with Gasteiger partial charge in [0.25, 0.3) is 0 Å². The molecule has 0 spiro atoms. The fourth-order valence-electron chi connectivity index (χ4n) is 2.85.